The van der Waals surface area contributed by atoms with Gasteiger partial charge in [-0.05, 0) is 61.1 Å². The maximum Gasteiger partial charge on any atom is 0.275 e. The Balaban J connectivity index is 1.22. The Kier molecular flexibility index (Phi) is 5.31. The molecule has 4 aliphatic carbocycles. The molecule has 0 heterocycles. The van der Waals surface area contributed by atoms with Crippen LogP contribution < -0.4 is 20.1 Å². The Hall–Kier alpha value is -1.75. The normalized spacial score (nSPS) is 31.0. The molecule has 3 N–H and O–H groups in total. The van der Waals surface area contributed by atoms with Crippen molar-refractivity contribution in [3.8, 4) is 11.5 Å². The van der Waals surface area contributed by atoms with E-state index in [9.17, 15) is 4.79 Å². The standard InChI is InChI=1S/C22H32N2O3/c1-26-19-4-3-15(10-20(19)27-2)5-6-23-21(25)14-24-22-11-16-7-17(12-22)9-18(8-16)13-22/h3-4,10,16-18,24H,5-9,11-14H2,1-2H3,(H,23,25)/p+1. The number of amides is 1. The molecule has 27 heavy (non-hydrogen) atoms. The molecule has 0 aromatic heterocycles. The molecule has 148 valence electrons. The van der Waals surface area contributed by atoms with Crippen LogP contribution in [0, 0.1) is 17.8 Å². The van der Waals surface area contributed by atoms with E-state index in [-0.39, 0.29) is 5.91 Å². The minimum atomic E-state index is 0.159. The minimum Gasteiger partial charge on any atom is -0.493 e. The quantitative estimate of drug-likeness (QED) is 0.731. The summed E-state index contributed by atoms with van der Waals surface area (Å²) in [6.07, 6.45) is 9.14. The van der Waals surface area contributed by atoms with E-state index >= 15 is 0 Å². The third-order valence-electron chi connectivity index (χ3n) is 6.99. The van der Waals surface area contributed by atoms with Crippen LogP contribution in [-0.2, 0) is 11.2 Å². The Bertz CT molecular complexity index is 653. The van der Waals surface area contributed by atoms with E-state index in [2.05, 4.69) is 10.6 Å². The molecular formula is C22H33N2O3+. The van der Waals surface area contributed by atoms with Crippen molar-refractivity contribution < 1.29 is 19.6 Å². The van der Waals surface area contributed by atoms with Crippen molar-refractivity contribution in [2.75, 3.05) is 27.3 Å². The predicted molar refractivity (Wildman–Crippen MR) is 104 cm³/mol. The second-order valence-corrected chi connectivity index (χ2v) is 8.98. The smallest absolute Gasteiger partial charge is 0.275 e. The number of methoxy groups -OCH3 is 2. The van der Waals surface area contributed by atoms with Crippen molar-refractivity contribution in [2.45, 2.75) is 50.5 Å². The Morgan fingerprint density at radius 2 is 1.70 bits per heavy atom. The monoisotopic (exact) mass is 373 g/mol. The average molecular weight is 374 g/mol. The summed E-state index contributed by atoms with van der Waals surface area (Å²) >= 11 is 0. The highest BCUT2D eigenvalue weighted by molar-refractivity contribution is 5.76. The molecule has 5 rings (SSSR count). The van der Waals surface area contributed by atoms with Crippen molar-refractivity contribution in [3.63, 3.8) is 0 Å². The molecule has 4 aliphatic rings. The molecule has 5 nitrogen and oxygen atoms in total. The van der Waals surface area contributed by atoms with Gasteiger partial charge in [-0.2, -0.15) is 0 Å². The molecule has 5 heteroatoms. The first-order valence-corrected chi connectivity index (χ1v) is 10.4. The zero-order valence-corrected chi connectivity index (χ0v) is 16.6. The molecule has 0 aliphatic heterocycles. The van der Waals surface area contributed by atoms with Crippen LogP contribution in [0.15, 0.2) is 18.2 Å². The molecule has 1 amide bonds. The molecule has 4 bridgehead atoms. The van der Waals surface area contributed by atoms with Crippen LogP contribution in [0.5, 0.6) is 11.5 Å². The van der Waals surface area contributed by atoms with E-state index in [4.69, 9.17) is 9.47 Å². The van der Waals surface area contributed by atoms with E-state index in [1.54, 1.807) is 14.2 Å². The number of ether oxygens (including phenoxy) is 2. The highest BCUT2D eigenvalue weighted by atomic mass is 16.5. The van der Waals surface area contributed by atoms with Gasteiger partial charge in [-0.25, -0.2) is 0 Å². The largest absolute Gasteiger partial charge is 0.493 e. The summed E-state index contributed by atoms with van der Waals surface area (Å²) in [5.74, 6) is 4.42. The number of rotatable bonds is 8. The van der Waals surface area contributed by atoms with E-state index < -0.39 is 0 Å². The Labute approximate surface area is 162 Å². The maximum absolute atomic E-state index is 12.4. The predicted octanol–water partition coefficient (Wildman–Crippen LogP) is 1.89. The van der Waals surface area contributed by atoms with Gasteiger partial charge < -0.3 is 20.1 Å². The van der Waals surface area contributed by atoms with Crippen LogP contribution in [0.4, 0.5) is 0 Å². The summed E-state index contributed by atoms with van der Waals surface area (Å²) in [5, 5.41) is 5.47. The first-order chi connectivity index (χ1) is 13.1. The SMILES string of the molecule is COc1ccc(CCNC(=O)C[NH2+]C23CC4CC(CC(C4)C2)C3)cc1OC. The lowest BCUT2D eigenvalue weighted by atomic mass is 9.53. The van der Waals surface area contributed by atoms with Gasteiger partial charge in [0.05, 0.1) is 19.8 Å². The van der Waals surface area contributed by atoms with E-state index in [0.717, 1.165) is 41.2 Å². The van der Waals surface area contributed by atoms with E-state index in [0.29, 0.717) is 18.6 Å². The summed E-state index contributed by atoms with van der Waals surface area (Å²) in [6, 6.07) is 5.92. The number of hydrogen-bond acceptors (Lipinski definition) is 3. The average Bonchev–Trinajstić information content (AvgIpc) is 2.65. The molecule has 0 spiro atoms. The number of benzene rings is 1. The van der Waals surface area contributed by atoms with Gasteiger partial charge in [-0.3, -0.25) is 4.79 Å². The highest BCUT2D eigenvalue weighted by Crippen LogP contribution is 2.54. The fourth-order valence-electron chi connectivity index (χ4n) is 6.19. The van der Waals surface area contributed by atoms with Crippen LogP contribution in [0.2, 0.25) is 0 Å². The summed E-state index contributed by atoms with van der Waals surface area (Å²) in [7, 11) is 3.28. The van der Waals surface area contributed by atoms with Gasteiger partial charge in [0.15, 0.2) is 18.0 Å². The van der Waals surface area contributed by atoms with Crippen LogP contribution >= 0.6 is 0 Å². The second-order valence-electron chi connectivity index (χ2n) is 8.98. The van der Waals surface area contributed by atoms with Crippen molar-refractivity contribution in [2.24, 2.45) is 17.8 Å². The van der Waals surface area contributed by atoms with Crippen LogP contribution in [0.3, 0.4) is 0 Å². The van der Waals surface area contributed by atoms with Crippen molar-refractivity contribution in [3.05, 3.63) is 23.8 Å². The maximum atomic E-state index is 12.4. The lowest BCUT2D eigenvalue weighted by Gasteiger charge is -2.54. The van der Waals surface area contributed by atoms with Gasteiger partial charge in [0.25, 0.3) is 5.91 Å². The molecule has 0 radical (unpaired) electrons. The molecule has 1 aromatic carbocycles. The van der Waals surface area contributed by atoms with Crippen molar-refractivity contribution >= 4 is 5.91 Å². The van der Waals surface area contributed by atoms with Gasteiger partial charge in [0.2, 0.25) is 0 Å². The number of hydrogen-bond donors (Lipinski definition) is 2. The number of nitrogens with one attached hydrogen (secondary N) is 1. The van der Waals surface area contributed by atoms with Gasteiger partial charge in [-0.1, -0.05) is 6.07 Å². The van der Waals surface area contributed by atoms with Gasteiger partial charge >= 0.3 is 0 Å². The molecule has 4 fully saturated rings. The van der Waals surface area contributed by atoms with Gasteiger partial charge in [0, 0.05) is 25.8 Å². The van der Waals surface area contributed by atoms with Crippen LogP contribution in [0.1, 0.15) is 44.1 Å². The third kappa shape index (κ3) is 4.08. The minimum absolute atomic E-state index is 0.159. The Morgan fingerprint density at radius 3 is 2.30 bits per heavy atom. The van der Waals surface area contributed by atoms with Gasteiger partial charge in [0.1, 0.15) is 0 Å². The molecule has 0 unspecified atom stereocenters. The third-order valence-corrected chi connectivity index (χ3v) is 6.99. The fourth-order valence-corrected chi connectivity index (χ4v) is 6.19. The van der Waals surface area contributed by atoms with Gasteiger partial charge in [-0.15, -0.1) is 0 Å². The number of carbonyl (C=O) groups excluding carboxylic acids is 1. The number of nitrogens with two attached hydrogens (primary N) is 1. The Morgan fingerprint density at radius 1 is 1.07 bits per heavy atom. The second kappa shape index (κ2) is 7.70. The topological polar surface area (TPSA) is 64.2 Å². The van der Waals surface area contributed by atoms with E-state index in [1.807, 2.05) is 18.2 Å². The first-order valence-electron chi connectivity index (χ1n) is 10.4. The first kappa shape index (κ1) is 18.6. The summed E-state index contributed by atoms with van der Waals surface area (Å²) in [4.78, 5) is 12.4. The highest BCUT2D eigenvalue weighted by Gasteiger charge is 2.53. The number of quaternary nitrogens is 1. The zero-order chi connectivity index (χ0) is 18.9. The fraction of sp³-hybridized carbons (Fsp3) is 0.682. The number of carbonyl (C=O) groups is 1. The summed E-state index contributed by atoms with van der Waals surface area (Å²) in [6.45, 7) is 1.22. The van der Waals surface area contributed by atoms with E-state index in [1.165, 1.54) is 38.5 Å². The van der Waals surface area contributed by atoms with Crippen molar-refractivity contribution in [1.82, 2.24) is 5.32 Å². The molecule has 0 saturated heterocycles. The molecule has 4 saturated carbocycles. The summed E-state index contributed by atoms with van der Waals surface area (Å²) in [5.41, 5.74) is 1.51. The summed E-state index contributed by atoms with van der Waals surface area (Å²) < 4.78 is 10.6. The van der Waals surface area contributed by atoms with Crippen LogP contribution in [-0.4, -0.2) is 38.8 Å². The van der Waals surface area contributed by atoms with Crippen molar-refractivity contribution in [1.29, 1.82) is 0 Å². The molecular weight excluding hydrogens is 340 g/mol. The van der Waals surface area contributed by atoms with Crippen LogP contribution in [0.25, 0.3) is 0 Å². The lowest BCUT2D eigenvalue weighted by molar-refractivity contribution is -0.730. The lowest BCUT2D eigenvalue weighted by Crippen LogP contribution is -3.00. The zero-order valence-electron chi connectivity index (χ0n) is 16.6. The molecule has 1 aromatic rings. The molecule has 0 atom stereocenters.